The Labute approximate surface area is 121 Å². The van der Waals surface area contributed by atoms with Crippen LogP contribution >= 0.6 is 11.8 Å². The van der Waals surface area contributed by atoms with E-state index in [0.29, 0.717) is 19.2 Å². The quantitative estimate of drug-likeness (QED) is 0.790. The molecule has 0 unspecified atom stereocenters. The predicted molar refractivity (Wildman–Crippen MR) is 77.3 cm³/mol. The summed E-state index contributed by atoms with van der Waals surface area (Å²) < 4.78 is 15.9. The van der Waals surface area contributed by atoms with Gasteiger partial charge in [-0.15, -0.1) is 11.8 Å². The molecule has 1 atom stereocenters. The third-order valence-electron chi connectivity index (χ3n) is 3.16. The van der Waals surface area contributed by atoms with E-state index < -0.39 is 0 Å². The zero-order chi connectivity index (χ0) is 13.8. The summed E-state index contributed by atoms with van der Waals surface area (Å²) in [5, 5.41) is 3.70. The van der Waals surface area contributed by atoms with Gasteiger partial charge in [-0.3, -0.25) is 0 Å². The minimum absolute atomic E-state index is 0.0481. The Balaban J connectivity index is 1.53. The zero-order valence-electron chi connectivity index (χ0n) is 11.2. The van der Waals surface area contributed by atoms with Crippen molar-refractivity contribution < 1.29 is 14.0 Å². The number of ether oxygens (including phenoxy) is 2. The summed E-state index contributed by atoms with van der Waals surface area (Å²) in [7, 11) is 0. The number of benzene rings is 1. The molecule has 20 heavy (non-hydrogen) atoms. The van der Waals surface area contributed by atoms with Crippen LogP contribution in [-0.2, 0) is 4.74 Å². The second-order valence-corrected chi connectivity index (χ2v) is 5.37. The molecule has 1 saturated heterocycles. The molecule has 106 valence electrons. The van der Waals surface area contributed by atoms with Crippen LogP contribution in [0.3, 0.4) is 0 Å². The van der Waals surface area contributed by atoms with E-state index in [1.807, 2.05) is 0 Å². The van der Waals surface area contributed by atoms with E-state index in [2.05, 4.69) is 40.6 Å². The topological polar surface area (TPSA) is 47.7 Å². The first-order valence-electron chi connectivity index (χ1n) is 6.39. The molecule has 1 fully saturated rings. The van der Waals surface area contributed by atoms with Gasteiger partial charge in [0.1, 0.15) is 25.7 Å². The first-order valence-corrected chi connectivity index (χ1v) is 7.61. The minimum Gasteiger partial charge on any atom is -0.473 e. The van der Waals surface area contributed by atoms with Gasteiger partial charge in [0, 0.05) is 23.2 Å². The summed E-state index contributed by atoms with van der Waals surface area (Å²) in [4.78, 5) is 3.46. The van der Waals surface area contributed by atoms with Crippen molar-refractivity contribution >= 4 is 17.4 Å². The van der Waals surface area contributed by atoms with E-state index >= 15 is 0 Å². The Morgan fingerprint density at radius 1 is 1.35 bits per heavy atom. The van der Waals surface area contributed by atoms with Crippen LogP contribution in [0.1, 0.15) is 0 Å². The Morgan fingerprint density at radius 2 is 2.20 bits per heavy atom. The van der Waals surface area contributed by atoms with Gasteiger partial charge in [-0.25, -0.2) is 0 Å². The standard InChI is InChI=1S/C14H16N2O3S/c1-20-13-4-2-11(3-5-13)16-8-12(18-10-16)9-17-14-6-7-19-15-14/h2-7,12H,8-10H2,1H3/t12-/m1/s1. The lowest BCUT2D eigenvalue weighted by atomic mass is 10.3. The number of aromatic nitrogens is 1. The number of hydrogen-bond donors (Lipinski definition) is 0. The van der Waals surface area contributed by atoms with Crippen molar-refractivity contribution in [3.05, 3.63) is 36.6 Å². The number of thioether (sulfide) groups is 1. The lowest BCUT2D eigenvalue weighted by Crippen LogP contribution is -2.25. The highest BCUT2D eigenvalue weighted by atomic mass is 32.2. The molecule has 0 bridgehead atoms. The van der Waals surface area contributed by atoms with Gasteiger partial charge in [-0.1, -0.05) is 0 Å². The fourth-order valence-corrected chi connectivity index (χ4v) is 2.48. The maximum Gasteiger partial charge on any atom is 0.254 e. The molecule has 0 radical (unpaired) electrons. The van der Waals surface area contributed by atoms with E-state index in [0.717, 1.165) is 6.54 Å². The normalized spacial score (nSPS) is 18.4. The predicted octanol–water partition coefficient (Wildman–Crippen LogP) is 2.64. The minimum atomic E-state index is 0.0481. The molecule has 0 amide bonds. The van der Waals surface area contributed by atoms with Crippen molar-refractivity contribution in [3.8, 4) is 5.88 Å². The number of nitrogens with zero attached hydrogens (tertiary/aromatic N) is 2. The van der Waals surface area contributed by atoms with Gasteiger partial charge in [-0.05, 0) is 35.7 Å². The summed E-state index contributed by atoms with van der Waals surface area (Å²) in [6.07, 6.45) is 3.61. The molecular weight excluding hydrogens is 276 g/mol. The highest BCUT2D eigenvalue weighted by Crippen LogP contribution is 2.23. The third kappa shape index (κ3) is 3.08. The van der Waals surface area contributed by atoms with E-state index in [4.69, 9.17) is 14.0 Å². The van der Waals surface area contributed by atoms with Gasteiger partial charge in [0.2, 0.25) is 0 Å². The Hall–Kier alpha value is -1.66. The number of anilines is 1. The van der Waals surface area contributed by atoms with E-state index in [-0.39, 0.29) is 6.10 Å². The number of rotatable bonds is 5. The molecule has 5 nitrogen and oxygen atoms in total. The highest BCUT2D eigenvalue weighted by molar-refractivity contribution is 7.98. The van der Waals surface area contributed by atoms with E-state index in [1.54, 1.807) is 17.8 Å². The van der Waals surface area contributed by atoms with Crippen LogP contribution in [0.5, 0.6) is 5.88 Å². The summed E-state index contributed by atoms with van der Waals surface area (Å²) in [5.41, 5.74) is 1.17. The average molecular weight is 292 g/mol. The first-order chi connectivity index (χ1) is 9.85. The summed E-state index contributed by atoms with van der Waals surface area (Å²) >= 11 is 1.74. The molecule has 1 aromatic heterocycles. The Morgan fingerprint density at radius 3 is 2.90 bits per heavy atom. The van der Waals surface area contributed by atoms with Gasteiger partial charge < -0.3 is 18.9 Å². The smallest absolute Gasteiger partial charge is 0.254 e. The van der Waals surface area contributed by atoms with Crippen molar-refractivity contribution in [2.75, 3.05) is 31.0 Å². The third-order valence-corrected chi connectivity index (χ3v) is 3.90. The van der Waals surface area contributed by atoms with Gasteiger partial charge in [-0.2, -0.15) is 0 Å². The van der Waals surface area contributed by atoms with Gasteiger partial charge in [0.05, 0.1) is 0 Å². The Bertz CT molecular complexity index is 530. The van der Waals surface area contributed by atoms with E-state index in [9.17, 15) is 0 Å². The molecule has 0 saturated carbocycles. The molecule has 0 N–H and O–H groups in total. The van der Waals surface area contributed by atoms with Crippen molar-refractivity contribution in [1.29, 1.82) is 0 Å². The molecule has 2 aromatic rings. The molecule has 2 heterocycles. The maximum absolute atomic E-state index is 5.71. The van der Waals surface area contributed by atoms with Gasteiger partial charge >= 0.3 is 0 Å². The molecular formula is C14H16N2O3S. The lowest BCUT2D eigenvalue weighted by Gasteiger charge is -2.16. The van der Waals surface area contributed by atoms with Crippen LogP contribution in [-0.4, -0.2) is 37.4 Å². The van der Waals surface area contributed by atoms with Crippen molar-refractivity contribution in [3.63, 3.8) is 0 Å². The van der Waals surface area contributed by atoms with Crippen LogP contribution in [0.15, 0.2) is 46.0 Å². The molecule has 1 aromatic carbocycles. The first kappa shape index (κ1) is 13.3. The average Bonchev–Trinajstić information content (AvgIpc) is 3.17. The second-order valence-electron chi connectivity index (χ2n) is 4.49. The molecule has 1 aliphatic rings. The van der Waals surface area contributed by atoms with Crippen molar-refractivity contribution in [2.45, 2.75) is 11.0 Å². The molecule has 1 aliphatic heterocycles. The maximum atomic E-state index is 5.71. The molecule has 0 spiro atoms. The summed E-state index contributed by atoms with van der Waals surface area (Å²) in [6.45, 7) is 1.88. The summed E-state index contributed by atoms with van der Waals surface area (Å²) in [6, 6.07) is 10.2. The van der Waals surface area contributed by atoms with Crippen molar-refractivity contribution in [2.24, 2.45) is 0 Å². The van der Waals surface area contributed by atoms with Crippen LogP contribution in [0.4, 0.5) is 5.69 Å². The van der Waals surface area contributed by atoms with E-state index in [1.165, 1.54) is 16.8 Å². The fraction of sp³-hybridized carbons (Fsp3) is 0.357. The van der Waals surface area contributed by atoms with Crippen LogP contribution in [0, 0.1) is 0 Å². The highest BCUT2D eigenvalue weighted by Gasteiger charge is 2.24. The van der Waals surface area contributed by atoms with Crippen LogP contribution in [0.25, 0.3) is 0 Å². The molecule has 6 heteroatoms. The SMILES string of the molecule is CSc1ccc(N2CO[C@@H](COc3ccon3)C2)cc1. The monoisotopic (exact) mass is 292 g/mol. The van der Waals surface area contributed by atoms with Gasteiger partial charge in [0.15, 0.2) is 0 Å². The van der Waals surface area contributed by atoms with Crippen LogP contribution < -0.4 is 9.64 Å². The van der Waals surface area contributed by atoms with Gasteiger partial charge in [0.25, 0.3) is 5.88 Å². The largest absolute Gasteiger partial charge is 0.473 e. The molecule has 3 rings (SSSR count). The lowest BCUT2D eigenvalue weighted by molar-refractivity contribution is 0.0703. The zero-order valence-corrected chi connectivity index (χ0v) is 12.0. The van der Waals surface area contributed by atoms with Crippen LogP contribution in [0.2, 0.25) is 0 Å². The summed E-state index contributed by atoms with van der Waals surface area (Å²) in [5.74, 6) is 0.497. The number of hydrogen-bond acceptors (Lipinski definition) is 6. The van der Waals surface area contributed by atoms with Crippen molar-refractivity contribution in [1.82, 2.24) is 5.16 Å². The Kier molecular flexibility index (Phi) is 4.13. The second kappa shape index (κ2) is 6.19. The molecule has 0 aliphatic carbocycles. The fourth-order valence-electron chi connectivity index (χ4n) is 2.07.